The summed E-state index contributed by atoms with van der Waals surface area (Å²) in [6.07, 6.45) is 4.46. The number of carbonyl (C=O) groups is 2. The fraction of sp³-hybridized carbons (Fsp3) is 0.333. The van der Waals surface area contributed by atoms with Crippen molar-refractivity contribution >= 4 is 23.2 Å². The van der Waals surface area contributed by atoms with Crippen LogP contribution in [0, 0.1) is 12.3 Å². The summed E-state index contributed by atoms with van der Waals surface area (Å²) in [6, 6.07) is 3.04. The molecule has 0 radical (unpaired) electrons. The molecule has 1 rings (SSSR count). The Morgan fingerprint density at radius 2 is 2.35 bits per heavy atom. The zero-order chi connectivity index (χ0) is 12.8. The quantitative estimate of drug-likeness (QED) is 0.645. The van der Waals surface area contributed by atoms with Crippen molar-refractivity contribution in [1.82, 2.24) is 4.90 Å². The fourth-order valence-electron chi connectivity index (χ4n) is 1.39. The molecule has 0 aliphatic rings. The third-order valence-corrected chi connectivity index (χ3v) is 3.33. The smallest absolute Gasteiger partial charge is 0.407 e. The average molecular weight is 251 g/mol. The monoisotopic (exact) mass is 251 g/mol. The number of thiophene rings is 1. The van der Waals surface area contributed by atoms with E-state index in [9.17, 15) is 9.59 Å². The number of Topliss-reactive ketones (excluding diaryl/α,β-unsaturated/α-hetero) is 1. The van der Waals surface area contributed by atoms with Crippen LogP contribution in [0.4, 0.5) is 4.79 Å². The first-order valence-corrected chi connectivity index (χ1v) is 5.90. The molecule has 90 valence electrons. The maximum atomic E-state index is 11.8. The van der Waals surface area contributed by atoms with Crippen LogP contribution < -0.4 is 0 Å². The maximum absolute atomic E-state index is 11.8. The number of carboxylic acid groups (broad SMARTS) is 1. The van der Waals surface area contributed by atoms with Gasteiger partial charge in [-0.05, 0) is 11.4 Å². The summed E-state index contributed by atoms with van der Waals surface area (Å²) in [5, 5.41) is 10.7. The van der Waals surface area contributed by atoms with Crippen molar-refractivity contribution in [2.24, 2.45) is 0 Å². The molecule has 1 N–H and O–H groups in total. The minimum atomic E-state index is -1.08. The Morgan fingerprint density at radius 3 is 2.82 bits per heavy atom. The van der Waals surface area contributed by atoms with Gasteiger partial charge in [0.2, 0.25) is 0 Å². The summed E-state index contributed by atoms with van der Waals surface area (Å²) in [6.45, 7) is 0. The topological polar surface area (TPSA) is 57.6 Å². The Bertz CT molecular complexity index is 433. The van der Waals surface area contributed by atoms with Crippen LogP contribution in [0.15, 0.2) is 17.5 Å². The summed E-state index contributed by atoms with van der Waals surface area (Å²) >= 11 is 1.34. The number of rotatable bonds is 5. The third kappa shape index (κ3) is 3.61. The Hall–Kier alpha value is -1.80. The van der Waals surface area contributed by atoms with Crippen molar-refractivity contribution < 1.29 is 14.7 Å². The molecule has 5 heteroatoms. The molecule has 0 aliphatic heterocycles. The highest BCUT2D eigenvalue weighted by Crippen LogP contribution is 2.16. The van der Waals surface area contributed by atoms with Crippen molar-refractivity contribution in [2.75, 3.05) is 7.05 Å². The molecule has 0 saturated heterocycles. The minimum Gasteiger partial charge on any atom is -0.465 e. The number of carbonyl (C=O) groups excluding carboxylic acids is 1. The van der Waals surface area contributed by atoms with Gasteiger partial charge in [-0.1, -0.05) is 6.07 Å². The first-order valence-electron chi connectivity index (χ1n) is 5.02. The molecule has 0 aromatic carbocycles. The normalized spacial score (nSPS) is 11.5. The standard InChI is InChI=1S/C12H13NO3S/c1-3-5-9(13(2)12(15)16)8-10(14)11-6-4-7-17-11/h1,4,6-7,9H,5,8H2,2H3,(H,15,16). The molecule has 1 aromatic rings. The van der Waals surface area contributed by atoms with Crippen LogP contribution >= 0.6 is 11.3 Å². The molecule has 4 nitrogen and oxygen atoms in total. The molecule has 1 atom stereocenters. The summed E-state index contributed by atoms with van der Waals surface area (Å²) < 4.78 is 0. The van der Waals surface area contributed by atoms with Crippen molar-refractivity contribution in [1.29, 1.82) is 0 Å². The van der Waals surface area contributed by atoms with Gasteiger partial charge in [0.1, 0.15) is 0 Å². The predicted octanol–water partition coefficient (Wildman–Crippen LogP) is 2.32. The van der Waals surface area contributed by atoms with Gasteiger partial charge >= 0.3 is 6.09 Å². The lowest BCUT2D eigenvalue weighted by molar-refractivity contribution is 0.0931. The lowest BCUT2D eigenvalue weighted by atomic mass is 10.1. The third-order valence-electron chi connectivity index (χ3n) is 2.42. The molecule has 0 aliphatic carbocycles. The Labute approximate surface area is 104 Å². The van der Waals surface area contributed by atoms with Crippen LogP contribution in [0.2, 0.25) is 0 Å². The molecule has 1 aromatic heterocycles. The van der Waals surface area contributed by atoms with Gasteiger partial charge in [0.25, 0.3) is 0 Å². The molecule has 0 bridgehead atoms. The summed E-state index contributed by atoms with van der Waals surface area (Å²) in [4.78, 5) is 24.4. The lowest BCUT2D eigenvalue weighted by Gasteiger charge is -2.23. The summed E-state index contributed by atoms with van der Waals surface area (Å²) in [7, 11) is 1.42. The SMILES string of the molecule is C#CCC(CC(=O)c1cccs1)N(C)C(=O)O. The highest BCUT2D eigenvalue weighted by Gasteiger charge is 2.22. The molecule has 0 fully saturated rings. The first kappa shape index (κ1) is 13.3. The molecule has 0 spiro atoms. The number of terminal acetylenes is 1. The van der Waals surface area contributed by atoms with Crippen molar-refractivity contribution in [3.63, 3.8) is 0 Å². The van der Waals surface area contributed by atoms with E-state index in [1.807, 2.05) is 5.38 Å². The van der Waals surface area contributed by atoms with E-state index in [1.54, 1.807) is 12.1 Å². The zero-order valence-corrected chi connectivity index (χ0v) is 10.2. The second kappa shape index (κ2) is 6.06. The molecule has 1 heterocycles. The van der Waals surface area contributed by atoms with E-state index >= 15 is 0 Å². The van der Waals surface area contributed by atoms with Crippen LogP contribution in [0.3, 0.4) is 0 Å². The molecule has 1 unspecified atom stereocenters. The number of ketones is 1. The van der Waals surface area contributed by atoms with E-state index in [0.717, 1.165) is 4.90 Å². The van der Waals surface area contributed by atoms with Crippen molar-refractivity contribution in [3.8, 4) is 12.3 Å². The zero-order valence-electron chi connectivity index (χ0n) is 9.42. The van der Waals surface area contributed by atoms with Gasteiger partial charge in [-0.25, -0.2) is 4.79 Å². The van der Waals surface area contributed by atoms with Crippen LogP contribution in [-0.2, 0) is 0 Å². The fourth-order valence-corrected chi connectivity index (χ4v) is 2.07. The molecule has 0 saturated carbocycles. The second-order valence-corrected chi connectivity index (χ2v) is 4.51. The molecular formula is C12H13NO3S. The maximum Gasteiger partial charge on any atom is 0.407 e. The van der Waals surface area contributed by atoms with Crippen molar-refractivity contribution in [2.45, 2.75) is 18.9 Å². The van der Waals surface area contributed by atoms with Crippen LogP contribution in [0.25, 0.3) is 0 Å². The van der Waals surface area contributed by atoms with Gasteiger partial charge < -0.3 is 10.0 Å². The van der Waals surface area contributed by atoms with E-state index in [2.05, 4.69) is 5.92 Å². The van der Waals surface area contributed by atoms with E-state index in [1.165, 1.54) is 18.4 Å². The van der Waals surface area contributed by atoms with Gasteiger partial charge in [0.05, 0.1) is 10.9 Å². The Balaban J connectivity index is 2.71. The van der Waals surface area contributed by atoms with Gasteiger partial charge in [0, 0.05) is 19.9 Å². The number of hydrogen-bond acceptors (Lipinski definition) is 3. The van der Waals surface area contributed by atoms with Crippen LogP contribution in [0.5, 0.6) is 0 Å². The predicted molar refractivity (Wildman–Crippen MR) is 66.3 cm³/mol. The highest BCUT2D eigenvalue weighted by atomic mass is 32.1. The number of nitrogens with zero attached hydrogens (tertiary/aromatic N) is 1. The number of hydrogen-bond donors (Lipinski definition) is 1. The average Bonchev–Trinajstić information content (AvgIpc) is 2.80. The van der Waals surface area contributed by atoms with E-state index in [-0.39, 0.29) is 18.6 Å². The van der Waals surface area contributed by atoms with E-state index in [4.69, 9.17) is 11.5 Å². The highest BCUT2D eigenvalue weighted by molar-refractivity contribution is 7.12. The largest absolute Gasteiger partial charge is 0.465 e. The summed E-state index contributed by atoms with van der Waals surface area (Å²) in [5.41, 5.74) is 0. The Kier molecular flexibility index (Phi) is 4.73. The first-order chi connectivity index (χ1) is 8.06. The summed E-state index contributed by atoms with van der Waals surface area (Å²) in [5.74, 6) is 2.32. The Morgan fingerprint density at radius 1 is 1.65 bits per heavy atom. The number of amides is 1. The van der Waals surface area contributed by atoms with E-state index in [0.29, 0.717) is 4.88 Å². The minimum absolute atomic E-state index is 0.0756. The van der Waals surface area contributed by atoms with Crippen LogP contribution in [0.1, 0.15) is 22.5 Å². The lowest BCUT2D eigenvalue weighted by Crippen LogP contribution is -2.37. The van der Waals surface area contributed by atoms with Gasteiger partial charge in [-0.3, -0.25) is 4.79 Å². The van der Waals surface area contributed by atoms with Crippen LogP contribution in [-0.4, -0.2) is 35.0 Å². The van der Waals surface area contributed by atoms with Gasteiger partial charge in [-0.15, -0.1) is 23.7 Å². The second-order valence-electron chi connectivity index (χ2n) is 3.56. The molecular weight excluding hydrogens is 238 g/mol. The van der Waals surface area contributed by atoms with E-state index < -0.39 is 12.1 Å². The van der Waals surface area contributed by atoms with Crippen molar-refractivity contribution in [3.05, 3.63) is 22.4 Å². The van der Waals surface area contributed by atoms with Gasteiger partial charge in [-0.2, -0.15) is 0 Å². The molecule has 1 amide bonds. The van der Waals surface area contributed by atoms with Gasteiger partial charge in [0.15, 0.2) is 5.78 Å². The molecule has 17 heavy (non-hydrogen) atoms.